The number of benzene rings is 1. The Bertz CT molecular complexity index is 612. The first-order valence-corrected chi connectivity index (χ1v) is 7.91. The summed E-state index contributed by atoms with van der Waals surface area (Å²) in [6, 6.07) is 3.39. The van der Waals surface area contributed by atoms with E-state index in [1.807, 2.05) is 0 Å². The maximum absolute atomic E-state index is 13.8. The zero-order chi connectivity index (χ0) is 17.7. The average molecular weight is 359 g/mol. The van der Waals surface area contributed by atoms with Crippen molar-refractivity contribution in [1.82, 2.24) is 10.2 Å². The molecule has 1 saturated heterocycles. The van der Waals surface area contributed by atoms with Crippen molar-refractivity contribution in [3.8, 4) is 0 Å². The molecule has 132 valence electrons. The number of carbonyl (C=O) groups is 2. The van der Waals surface area contributed by atoms with Crippen LogP contribution < -0.4 is 5.32 Å². The highest BCUT2D eigenvalue weighted by atomic mass is 35.5. The number of likely N-dealkylation sites (N-methyl/N-ethyl adjacent to an activating group) is 1. The highest BCUT2D eigenvalue weighted by Crippen LogP contribution is 2.17. The topological polar surface area (TPSA) is 67.9 Å². The van der Waals surface area contributed by atoms with Crippen molar-refractivity contribution in [3.05, 3.63) is 34.6 Å². The van der Waals surface area contributed by atoms with E-state index in [2.05, 4.69) is 5.32 Å². The quantitative estimate of drug-likeness (QED) is 0.865. The maximum Gasteiger partial charge on any atom is 0.254 e. The Labute approximate surface area is 144 Å². The van der Waals surface area contributed by atoms with Gasteiger partial charge in [-0.2, -0.15) is 0 Å². The minimum Gasteiger partial charge on any atom is -0.379 e. The van der Waals surface area contributed by atoms with Gasteiger partial charge in [0.05, 0.1) is 24.3 Å². The van der Waals surface area contributed by atoms with Gasteiger partial charge in [-0.1, -0.05) is 11.6 Å². The van der Waals surface area contributed by atoms with E-state index in [-0.39, 0.29) is 35.8 Å². The summed E-state index contributed by atoms with van der Waals surface area (Å²) >= 11 is 5.69. The van der Waals surface area contributed by atoms with Crippen LogP contribution in [0.1, 0.15) is 16.8 Å². The molecule has 24 heavy (non-hydrogen) atoms. The number of halogens is 2. The van der Waals surface area contributed by atoms with Crippen LogP contribution in [-0.4, -0.2) is 62.8 Å². The predicted octanol–water partition coefficient (Wildman–Crippen LogP) is 1.47. The van der Waals surface area contributed by atoms with Gasteiger partial charge in [0.25, 0.3) is 5.91 Å². The fraction of sp³-hybridized carbons (Fsp3) is 0.500. The van der Waals surface area contributed by atoms with Crippen LogP contribution in [0.15, 0.2) is 18.2 Å². The number of nitrogens with one attached hydrogen (secondary N) is 1. The first kappa shape index (κ1) is 18.6. The summed E-state index contributed by atoms with van der Waals surface area (Å²) in [5.41, 5.74) is -0.104. The van der Waals surface area contributed by atoms with Gasteiger partial charge < -0.3 is 19.7 Å². The van der Waals surface area contributed by atoms with Gasteiger partial charge in [0.15, 0.2) is 0 Å². The molecule has 1 aliphatic rings. The fourth-order valence-corrected chi connectivity index (χ4v) is 2.44. The van der Waals surface area contributed by atoms with Crippen molar-refractivity contribution in [2.45, 2.75) is 18.6 Å². The molecule has 0 aliphatic carbocycles. The van der Waals surface area contributed by atoms with Gasteiger partial charge in [-0.15, -0.1) is 0 Å². The lowest BCUT2D eigenvalue weighted by atomic mass is 10.1. The molecular formula is C16H20ClFN2O4. The second-order valence-corrected chi connectivity index (χ2v) is 6.14. The molecule has 2 amide bonds. The van der Waals surface area contributed by atoms with Gasteiger partial charge in [-0.05, 0) is 24.6 Å². The van der Waals surface area contributed by atoms with Gasteiger partial charge in [0.1, 0.15) is 12.4 Å². The Balaban J connectivity index is 1.99. The molecule has 0 saturated carbocycles. The van der Waals surface area contributed by atoms with Crippen molar-refractivity contribution in [2.24, 2.45) is 0 Å². The fourth-order valence-electron chi connectivity index (χ4n) is 2.28. The molecule has 0 unspecified atom stereocenters. The second-order valence-electron chi connectivity index (χ2n) is 5.71. The maximum atomic E-state index is 13.8. The van der Waals surface area contributed by atoms with E-state index in [0.29, 0.717) is 13.0 Å². The molecule has 0 spiro atoms. The van der Waals surface area contributed by atoms with Crippen molar-refractivity contribution in [1.29, 1.82) is 0 Å². The number of nitrogens with zero attached hydrogens (tertiary/aromatic N) is 1. The van der Waals surface area contributed by atoms with Gasteiger partial charge in [-0.25, -0.2) is 4.39 Å². The monoisotopic (exact) mass is 358 g/mol. The third-order valence-electron chi connectivity index (χ3n) is 3.70. The van der Waals surface area contributed by atoms with E-state index in [1.165, 1.54) is 17.0 Å². The van der Waals surface area contributed by atoms with Crippen LogP contribution in [0.25, 0.3) is 0 Å². The van der Waals surface area contributed by atoms with E-state index < -0.39 is 17.8 Å². The Morgan fingerprint density at radius 2 is 2.21 bits per heavy atom. The normalized spacial score (nSPS) is 20.5. The van der Waals surface area contributed by atoms with Crippen LogP contribution in [-0.2, 0) is 14.3 Å². The molecule has 1 heterocycles. The Hall–Kier alpha value is -1.70. The lowest BCUT2D eigenvalue weighted by molar-refractivity contribution is -0.138. The van der Waals surface area contributed by atoms with Gasteiger partial charge in [0, 0.05) is 25.7 Å². The Morgan fingerprint density at radius 1 is 1.46 bits per heavy atom. The molecule has 6 nitrogen and oxygen atoms in total. The minimum absolute atomic E-state index is 0.0840. The van der Waals surface area contributed by atoms with Crippen molar-refractivity contribution in [2.75, 3.05) is 33.9 Å². The number of carbonyl (C=O) groups excluding carboxylic acids is 2. The third kappa shape index (κ3) is 4.90. The summed E-state index contributed by atoms with van der Waals surface area (Å²) in [7, 11) is 3.27. The summed E-state index contributed by atoms with van der Waals surface area (Å²) < 4.78 is 24.8. The summed E-state index contributed by atoms with van der Waals surface area (Å²) in [6.07, 6.45) is 0.163. The van der Waals surface area contributed by atoms with Crippen LogP contribution in [0.3, 0.4) is 0 Å². The van der Waals surface area contributed by atoms with Crippen LogP contribution in [0.4, 0.5) is 4.39 Å². The van der Waals surface area contributed by atoms with Crippen molar-refractivity contribution >= 4 is 23.4 Å². The number of hydrogen-bond acceptors (Lipinski definition) is 4. The standard InChI is InChI=1S/C16H20ClFN2O4/c1-20(2)15(21)9-24-14-5-6-23-8-13(14)19-16(22)11-4-3-10(17)7-12(11)18/h3-4,7,13-14H,5-6,8-9H2,1-2H3,(H,19,22)/t13-,14+/m0/s1. The highest BCUT2D eigenvalue weighted by Gasteiger charge is 2.29. The number of ether oxygens (including phenoxy) is 2. The molecule has 0 bridgehead atoms. The molecule has 2 rings (SSSR count). The number of amides is 2. The average Bonchev–Trinajstić information content (AvgIpc) is 2.53. The molecule has 8 heteroatoms. The lowest BCUT2D eigenvalue weighted by Crippen LogP contribution is -2.51. The third-order valence-corrected chi connectivity index (χ3v) is 3.94. The van der Waals surface area contributed by atoms with Crippen LogP contribution in [0.5, 0.6) is 0 Å². The molecule has 1 aromatic carbocycles. The largest absolute Gasteiger partial charge is 0.379 e. The van der Waals surface area contributed by atoms with Gasteiger partial charge >= 0.3 is 0 Å². The smallest absolute Gasteiger partial charge is 0.254 e. The molecule has 1 aromatic rings. The molecule has 1 N–H and O–H groups in total. The molecule has 0 aromatic heterocycles. The second kappa shape index (κ2) is 8.41. The number of hydrogen-bond donors (Lipinski definition) is 1. The van der Waals surface area contributed by atoms with Gasteiger partial charge in [0.2, 0.25) is 5.91 Å². The molecule has 1 fully saturated rings. The SMILES string of the molecule is CN(C)C(=O)CO[C@@H]1CCOC[C@@H]1NC(=O)c1ccc(Cl)cc1F. The summed E-state index contributed by atoms with van der Waals surface area (Å²) in [6.45, 7) is 0.629. The van der Waals surface area contributed by atoms with Gasteiger partial charge in [-0.3, -0.25) is 9.59 Å². The molecule has 1 aliphatic heterocycles. The molecule has 2 atom stereocenters. The van der Waals surface area contributed by atoms with E-state index in [9.17, 15) is 14.0 Å². The van der Waals surface area contributed by atoms with E-state index in [4.69, 9.17) is 21.1 Å². The van der Waals surface area contributed by atoms with Crippen LogP contribution in [0, 0.1) is 5.82 Å². The minimum atomic E-state index is -0.697. The zero-order valence-corrected chi connectivity index (χ0v) is 14.3. The van der Waals surface area contributed by atoms with Crippen LogP contribution >= 0.6 is 11.6 Å². The highest BCUT2D eigenvalue weighted by molar-refractivity contribution is 6.30. The van der Waals surface area contributed by atoms with Crippen molar-refractivity contribution < 1.29 is 23.5 Å². The number of rotatable bonds is 5. The first-order chi connectivity index (χ1) is 11.4. The van der Waals surface area contributed by atoms with E-state index in [0.717, 1.165) is 6.07 Å². The molecular weight excluding hydrogens is 339 g/mol. The summed E-state index contributed by atoms with van der Waals surface area (Å²) in [4.78, 5) is 25.3. The Morgan fingerprint density at radius 3 is 2.88 bits per heavy atom. The summed E-state index contributed by atoms with van der Waals surface area (Å²) in [5.74, 6) is -1.44. The zero-order valence-electron chi connectivity index (χ0n) is 13.6. The predicted molar refractivity (Wildman–Crippen MR) is 86.5 cm³/mol. The van der Waals surface area contributed by atoms with E-state index in [1.54, 1.807) is 14.1 Å². The van der Waals surface area contributed by atoms with Crippen LogP contribution in [0.2, 0.25) is 5.02 Å². The Kier molecular flexibility index (Phi) is 6.53. The first-order valence-electron chi connectivity index (χ1n) is 7.54. The lowest BCUT2D eigenvalue weighted by Gasteiger charge is -2.32. The van der Waals surface area contributed by atoms with Crippen molar-refractivity contribution in [3.63, 3.8) is 0 Å². The van der Waals surface area contributed by atoms with E-state index >= 15 is 0 Å². The molecule has 0 radical (unpaired) electrons. The summed E-state index contributed by atoms with van der Waals surface area (Å²) in [5, 5.41) is 2.92.